The van der Waals surface area contributed by atoms with E-state index >= 15 is 0 Å². The van der Waals surface area contributed by atoms with Gasteiger partial charge < -0.3 is 9.47 Å². The summed E-state index contributed by atoms with van der Waals surface area (Å²) in [5, 5.41) is 0. The molecule has 0 spiro atoms. The fraction of sp³-hybridized carbons (Fsp3) is 0.364. The van der Waals surface area contributed by atoms with E-state index < -0.39 is 13.0 Å². The van der Waals surface area contributed by atoms with E-state index in [1.165, 1.54) is 7.11 Å². The molecule has 0 fully saturated rings. The normalized spacial score (nSPS) is 10.6. The Balaban J connectivity index is 2.60. The maximum absolute atomic E-state index is 11.8. The third kappa shape index (κ3) is 4.40. The molecule has 1 aromatic rings. The van der Waals surface area contributed by atoms with Crippen LogP contribution in [-0.4, -0.2) is 32.5 Å². The number of hydrogen-bond donors (Lipinski definition) is 0. The highest BCUT2D eigenvalue weighted by atomic mass is 79.9. The molecule has 6 heteroatoms. The minimum atomic E-state index is -2.56. The van der Waals surface area contributed by atoms with Crippen LogP contribution in [0.15, 0.2) is 22.7 Å². The molecule has 0 amide bonds. The molecule has 94 valence electrons. The first-order valence-corrected chi connectivity index (χ1v) is 5.56. The summed E-state index contributed by atoms with van der Waals surface area (Å²) in [6.07, 6.45) is -2.56. The lowest BCUT2D eigenvalue weighted by Gasteiger charge is -2.06. The number of ether oxygens (including phenoxy) is 2. The van der Waals surface area contributed by atoms with E-state index in [4.69, 9.17) is 4.74 Å². The fourth-order valence-corrected chi connectivity index (χ4v) is 1.70. The molecule has 3 nitrogen and oxygen atoms in total. The first-order valence-electron chi connectivity index (χ1n) is 4.77. The van der Waals surface area contributed by atoms with Gasteiger partial charge >= 0.3 is 0 Å². The zero-order valence-corrected chi connectivity index (χ0v) is 10.7. The Morgan fingerprint density at radius 3 is 2.71 bits per heavy atom. The van der Waals surface area contributed by atoms with Gasteiger partial charge in [-0.3, -0.25) is 4.79 Å². The largest absolute Gasteiger partial charge is 0.496 e. The van der Waals surface area contributed by atoms with E-state index in [-0.39, 0.29) is 12.4 Å². The molecular weight excluding hydrogens is 298 g/mol. The number of rotatable bonds is 6. The van der Waals surface area contributed by atoms with E-state index in [1.807, 2.05) is 0 Å². The van der Waals surface area contributed by atoms with Crippen molar-refractivity contribution in [2.75, 3.05) is 20.3 Å². The van der Waals surface area contributed by atoms with Gasteiger partial charge in [0.05, 0.1) is 11.6 Å². The number of halogens is 3. The lowest BCUT2D eigenvalue weighted by atomic mass is 10.1. The van der Waals surface area contributed by atoms with Crippen LogP contribution in [0.3, 0.4) is 0 Å². The molecular formula is C11H11BrF2O3. The topological polar surface area (TPSA) is 35.5 Å². The highest BCUT2D eigenvalue weighted by Gasteiger charge is 2.10. The maximum atomic E-state index is 11.8. The molecule has 0 unspecified atom stereocenters. The maximum Gasteiger partial charge on any atom is 0.261 e. The molecule has 0 aliphatic carbocycles. The first kappa shape index (κ1) is 14.1. The molecule has 0 saturated carbocycles. The predicted molar refractivity (Wildman–Crippen MR) is 61.8 cm³/mol. The Labute approximate surface area is 106 Å². The molecule has 0 aliphatic rings. The molecule has 0 saturated heterocycles. The number of ketones is 1. The van der Waals surface area contributed by atoms with E-state index in [0.29, 0.717) is 15.8 Å². The summed E-state index contributed by atoms with van der Waals surface area (Å²) in [7, 11) is 1.51. The molecule has 0 aromatic heterocycles. The molecule has 0 aliphatic heterocycles. The van der Waals surface area contributed by atoms with Crippen molar-refractivity contribution < 1.29 is 23.0 Å². The number of Topliss-reactive ketones (excluding diaryl/α,β-unsaturated/α-hetero) is 1. The van der Waals surface area contributed by atoms with Crippen LogP contribution >= 0.6 is 15.9 Å². The Morgan fingerprint density at radius 1 is 1.47 bits per heavy atom. The van der Waals surface area contributed by atoms with E-state index in [2.05, 4.69) is 20.7 Å². The summed E-state index contributed by atoms with van der Waals surface area (Å²) in [6, 6.07) is 4.73. The van der Waals surface area contributed by atoms with E-state index in [9.17, 15) is 13.6 Å². The summed E-state index contributed by atoms with van der Waals surface area (Å²) in [5.74, 6) is 0.240. The quantitative estimate of drug-likeness (QED) is 0.758. The van der Waals surface area contributed by atoms with Crippen LogP contribution in [0.2, 0.25) is 0 Å². The SMILES string of the molecule is COc1ccc(C(=O)COCC(F)F)cc1Br. The first-order chi connectivity index (χ1) is 8.04. The summed E-state index contributed by atoms with van der Waals surface area (Å²) < 4.78 is 33.8. The molecule has 0 bridgehead atoms. The number of carbonyl (C=O) groups excluding carboxylic acids is 1. The molecule has 1 rings (SSSR count). The van der Waals surface area contributed by atoms with Crippen molar-refractivity contribution in [1.82, 2.24) is 0 Å². The van der Waals surface area contributed by atoms with Crippen LogP contribution < -0.4 is 4.74 Å². The lowest BCUT2D eigenvalue weighted by Crippen LogP contribution is -2.13. The van der Waals surface area contributed by atoms with Crippen molar-refractivity contribution >= 4 is 21.7 Å². The van der Waals surface area contributed by atoms with Crippen molar-refractivity contribution in [2.24, 2.45) is 0 Å². The second kappa shape index (κ2) is 6.66. The molecule has 0 radical (unpaired) electrons. The zero-order valence-electron chi connectivity index (χ0n) is 9.08. The van der Waals surface area contributed by atoms with Crippen molar-refractivity contribution in [1.29, 1.82) is 0 Å². The highest BCUT2D eigenvalue weighted by Crippen LogP contribution is 2.25. The number of benzene rings is 1. The predicted octanol–water partition coefficient (Wildman–Crippen LogP) is 2.92. The van der Waals surface area contributed by atoms with Crippen molar-refractivity contribution in [3.05, 3.63) is 28.2 Å². The van der Waals surface area contributed by atoms with Gasteiger partial charge in [-0.25, -0.2) is 8.78 Å². The van der Waals surface area contributed by atoms with Gasteiger partial charge in [0, 0.05) is 5.56 Å². The van der Waals surface area contributed by atoms with Gasteiger partial charge in [0.25, 0.3) is 6.43 Å². The lowest BCUT2D eigenvalue weighted by molar-refractivity contribution is 0.0196. The fourth-order valence-electron chi connectivity index (χ4n) is 1.16. The Morgan fingerprint density at radius 2 is 2.18 bits per heavy atom. The third-order valence-electron chi connectivity index (χ3n) is 1.95. The molecule has 0 N–H and O–H groups in total. The monoisotopic (exact) mass is 308 g/mol. The Hall–Kier alpha value is -1.01. The molecule has 1 aromatic carbocycles. The van der Waals surface area contributed by atoms with Crippen molar-refractivity contribution in [2.45, 2.75) is 6.43 Å². The van der Waals surface area contributed by atoms with Crippen molar-refractivity contribution in [3.63, 3.8) is 0 Å². The van der Waals surface area contributed by atoms with Gasteiger partial charge in [0.15, 0.2) is 5.78 Å². The Kier molecular flexibility index (Phi) is 5.50. The summed E-state index contributed by atoms with van der Waals surface area (Å²) in [4.78, 5) is 11.5. The average molecular weight is 309 g/mol. The minimum absolute atomic E-state index is 0.353. The number of carbonyl (C=O) groups is 1. The van der Waals surface area contributed by atoms with Crippen LogP contribution in [0.5, 0.6) is 5.75 Å². The molecule has 0 atom stereocenters. The smallest absolute Gasteiger partial charge is 0.261 e. The highest BCUT2D eigenvalue weighted by molar-refractivity contribution is 9.10. The third-order valence-corrected chi connectivity index (χ3v) is 2.57. The van der Waals surface area contributed by atoms with Crippen LogP contribution in [0, 0.1) is 0 Å². The average Bonchev–Trinajstić information content (AvgIpc) is 2.28. The molecule has 0 heterocycles. The van der Waals surface area contributed by atoms with Crippen molar-refractivity contribution in [3.8, 4) is 5.75 Å². The number of alkyl halides is 2. The summed E-state index contributed by atoms with van der Waals surface area (Å²) in [6.45, 7) is -1.09. The van der Waals surface area contributed by atoms with Gasteiger partial charge in [-0.2, -0.15) is 0 Å². The van der Waals surface area contributed by atoms with Gasteiger partial charge in [0.1, 0.15) is 19.0 Å². The summed E-state index contributed by atoms with van der Waals surface area (Å²) >= 11 is 3.23. The minimum Gasteiger partial charge on any atom is -0.496 e. The second-order valence-electron chi connectivity index (χ2n) is 3.18. The van der Waals surface area contributed by atoms with Gasteiger partial charge in [-0.1, -0.05) is 0 Å². The number of methoxy groups -OCH3 is 1. The van der Waals surface area contributed by atoms with Crippen LogP contribution in [0.1, 0.15) is 10.4 Å². The Bertz CT molecular complexity index is 396. The zero-order chi connectivity index (χ0) is 12.8. The van der Waals surface area contributed by atoms with Gasteiger partial charge in [0.2, 0.25) is 0 Å². The van der Waals surface area contributed by atoms with Crippen LogP contribution in [0.25, 0.3) is 0 Å². The molecule has 17 heavy (non-hydrogen) atoms. The second-order valence-corrected chi connectivity index (χ2v) is 4.03. The van der Waals surface area contributed by atoms with Crippen LogP contribution in [0.4, 0.5) is 8.78 Å². The van der Waals surface area contributed by atoms with Gasteiger partial charge in [-0.15, -0.1) is 0 Å². The summed E-state index contributed by atoms with van der Waals surface area (Å²) in [5.41, 5.74) is 0.381. The number of hydrogen-bond acceptors (Lipinski definition) is 3. The van der Waals surface area contributed by atoms with Crippen LogP contribution in [-0.2, 0) is 4.74 Å². The van der Waals surface area contributed by atoms with E-state index in [1.54, 1.807) is 18.2 Å². The van der Waals surface area contributed by atoms with E-state index in [0.717, 1.165) is 0 Å². The standard InChI is InChI=1S/C11H11BrF2O3/c1-16-10-3-2-7(4-8(10)12)9(15)5-17-6-11(13)14/h2-4,11H,5-6H2,1H3. The van der Waals surface area contributed by atoms with Gasteiger partial charge in [-0.05, 0) is 34.1 Å².